The average molecular weight is 230 g/mol. The zero-order valence-electron chi connectivity index (χ0n) is 8.73. The molecule has 0 radical (unpaired) electrons. The van der Waals surface area contributed by atoms with Gasteiger partial charge in [-0.05, 0) is 12.1 Å². The summed E-state index contributed by atoms with van der Waals surface area (Å²) in [6.07, 6.45) is -1.66. The standard InChI is InChI=1S/C10H11FO5/c1-15-9-5(8(13)10(14)16-2)3-4-6(12)7(9)11/h3-4,8,12-13H,1-2H3. The summed E-state index contributed by atoms with van der Waals surface area (Å²) in [5, 5.41) is 18.6. The van der Waals surface area contributed by atoms with Crippen molar-refractivity contribution in [2.45, 2.75) is 6.10 Å². The first-order valence-corrected chi connectivity index (χ1v) is 4.34. The monoisotopic (exact) mass is 230 g/mol. The molecule has 0 aliphatic rings. The Morgan fingerprint density at radius 1 is 1.44 bits per heavy atom. The van der Waals surface area contributed by atoms with E-state index in [4.69, 9.17) is 5.11 Å². The van der Waals surface area contributed by atoms with Gasteiger partial charge in [0.2, 0.25) is 5.82 Å². The fraction of sp³-hybridized carbons (Fsp3) is 0.300. The van der Waals surface area contributed by atoms with Gasteiger partial charge in [0.05, 0.1) is 14.2 Å². The molecule has 6 heteroatoms. The van der Waals surface area contributed by atoms with Gasteiger partial charge in [-0.3, -0.25) is 0 Å². The molecular formula is C10H11FO5. The van der Waals surface area contributed by atoms with E-state index in [1.165, 1.54) is 6.07 Å². The summed E-state index contributed by atoms with van der Waals surface area (Å²) in [6.45, 7) is 0. The number of carbonyl (C=O) groups is 1. The number of hydrogen-bond donors (Lipinski definition) is 2. The fourth-order valence-corrected chi connectivity index (χ4v) is 1.22. The molecule has 1 rings (SSSR count). The molecule has 1 atom stereocenters. The lowest BCUT2D eigenvalue weighted by molar-refractivity contribution is -0.150. The maximum absolute atomic E-state index is 13.4. The number of rotatable bonds is 3. The van der Waals surface area contributed by atoms with Crippen molar-refractivity contribution in [3.05, 3.63) is 23.5 Å². The van der Waals surface area contributed by atoms with Crippen molar-refractivity contribution in [2.24, 2.45) is 0 Å². The highest BCUT2D eigenvalue weighted by Crippen LogP contribution is 2.33. The Kier molecular flexibility index (Phi) is 3.68. The van der Waals surface area contributed by atoms with Gasteiger partial charge in [0.15, 0.2) is 17.6 Å². The highest BCUT2D eigenvalue weighted by Gasteiger charge is 2.25. The van der Waals surface area contributed by atoms with E-state index in [0.717, 1.165) is 20.3 Å². The minimum atomic E-state index is -1.66. The third-order valence-electron chi connectivity index (χ3n) is 2.03. The van der Waals surface area contributed by atoms with Gasteiger partial charge in [0, 0.05) is 5.56 Å². The molecule has 5 nitrogen and oxygen atoms in total. The summed E-state index contributed by atoms with van der Waals surface area (Å²) < 4.78 is 22.3. The Labute approximate surface area is 91.0 Å². The molecule has 0 saturated heterocycles. The number of hydrogen-bond acceptors (Lipinski definition) is 5. The smallest absolute Gasteiger partial charge is 0.339 e. The predicted molar refractivity (Wildman–Crippen MR) is 51.6 cm³/mol. The number of methoxy groups -OCH3 is 2. The number of carbonyl (C=O) groups excluding carboxylic acids is 1. The van der Waals surface area contributed by atoms with Crippen molar-refractivity contribution >= 4 is 5.97 Å². The topological polar surface area (TPSA) is 76.0 Å². The molecule has 0 aliphatic heterocycles. The van der Waals surface area contributed by atoms with Crippen LogP contribution in [0.4, 0.5) is 4.39 Å². The normalized spacial score (nSPS) is 12.0. The number of benzene rings is 1. The van der Waals surface area contributed by atoms with Crippen LogP contribution in [0.1, 0.15) is 11.7 Å². The molecule has 0 aliphatic carbocycles. The zero-order chi connectivity index (χ0) is 12.3. The predicted octanol–water partition coefficient (Wildman–Crippen LogP) is 0.746. The summed E-state index contributed by atoms with van der Waals surface area (Å²) in [5.41, 5.74) is -0.107. The average Bonchev–Trinajstić information content (AvgIpc) is 2.30. The van der Waals surface area contributed by atoms with Crippen LogP contribution in [0.25, 0.3) is 0 Å². The lowest BCUT2D eigenvalue weighted by Gasteiger charge is -2.13. The van der Waals surface area contributed by atoms with Gasteiger partial charge in [-0.1, -0.05) is 0 Å². The summed E-state index contributed by atoms with van der Waals surface area (Å²) in [5.74, 6) is -3.00. The summed E-state index contributed by atoms with van der Waals surface area (Å²) in [7, 11) is 2.25. The van der Waals surface area contributed by atoms with Crippen LogP contribution in [0.5, 0.6) is 11.5 Å². The molecular weight excluding hydrogens is 219 g/mol. The van der Waals surface area contributed by atoms with Gasteiger partial charge in [0.25, 0.3) is 0 Å². The quantitative estimate of drug-likeness (QED) is 0.749. The molecule has 2 N–H and O–H groups in total. The second kappa shape index (κ2) is 4.80. The van der Waals surface area contributed by atoms with E-state index in [2.05, 4.69) is 9.47 Å². The van der Waals surface area contributed by atoms with Gasteiger partial charge < -0.3 is 19.7 Å². The van der Waals surface area contributed by atoms with E-state index in [0.29, 0.717) is 0 Å². The third kappa shape index (κ3) is 2.06. The number of aliphatic hydroxyl groups excluding tert-OH is 1. The maximum Gasteiger partial charge on any atom is 0.339 e. The van der Waals surface area contributed by atoms with Gasteiger partial charge in [-0.25, -0.2) is 4.79 Å². The van der Waals surface area contributed by atoms with E-state index < -0.39 is 29.4 Å². The molecule has 0 fully saturated rings. The molecule has 0 spiro atoms. The largest absolute Gasteiger partial charge is 0.505 e. The summed E-state index contributed by atoms with van der Waals surface area (Å²) in [6, 6.07) is 2.19. The van der Waals surface area contributed by atoms with E-state index in [1.54, 1.807) is 0 Å². The number of aliphatic hydroxyl groups is 1. The van der Waals surface area contributed by atoms with Crippen LogP contribution in [-0.2, 0) is 9.53 Å². The van der Waals surface area contributed by atoms with Crippen molar-refractivity contribution in [1.82, 2.24) is 0 Å². The van der Waals surface area contributed by atoms with Gasteiger partial charge in [-0.2, -0.15) is 4.39 Å². The first-order valence-electron chi connectivity index (χ1n) is 4.34. The minimum Gasteiger partial charge on any atom is -0.505 e. The second-order valence-corrected chi connectivity index (χ2v) is 2.95. The highest BCUT2D eigenvalue weighted by molar-refractivity contribution is 5.77. The van der Waals surface area contributed by atoms with Crippen molar-refractivity contribution in [3.8, 4) is 11.5 Å². The maximum atomic E-state index is 13.4. The van der Waals surface area contributed by atoms with Crippen LogP contribution in [0.15, 0.2) is 12.1 Å². The minimum absolute atomic E-state index is 0.107. The Bertz CT molecular complexity index is 404. The van der Waals surface area contributed by atoms with Gasteiger partial charge in [-0.15, -0.1) is 0 Å². The third-order valence-corrected chi connectivity index (χ3v) is 2.03. The molecule has 1 aromatic carbocycles. The van der Waals surface area contributed by atoms with Crippen LogP contribution < -0.4 is 4.74 Å². The van der Waals surface area contributed by atoms with Crippen molar-refractivity contribution < 1.29 is 28.9 Å². The van der Waals surface area contributed by atoms with Crippen molar-refractivity contribution in [3.63, 3.8) is 0 Å². The number of ether oxygens (including phenoxy) is 2. The lowest BCUT2D eigenvalue weighted by atomic mass is 10.1. The SMILES string of the molecule is COC(=O)C(O)c1ccc(O)c(F)c1OC. The van der Waals surface area contributed by atoms with E-state index in [9.17, 15) is 14.3 Å². The number of phenolic OH excluding ortho intramolecular Hbond substituents is 1. The van der Waals surface area contributed by atoms with Crippen LogP contribution in [-0.4, -0.2) is 30.4 Å². The number of esters is 1. The van der Waals surface area contributed by atoms with Crippen LogP contribution in [0.3, 0.4) is 0 Å². The molecule has 0 aromatic heterocycles. The molecule has 0 bridgehead atoms. The molecule has 0 heterocycles. The molecule has 0 amide bonds. The molecule has 88 valence electrons. The van der Waals surface area contributed by atoms with Crippen LogP contribution in [0, 0.1) is 5.82 Å². The summed E-state index contributed by atoms with van der Waals surface area (Å²) in [4.78, 5) is 11.1. The molecule has 1 unspecified atom stereocenters. The zero-order valence-corrected chi connectivity index (χ0v) is 8.73. The molecule has 1 aromatic rings. The molecule has 0 saturated carbocycles. The second-order valence-electron chi connectivity index (χ2n) is 2.95. The molecule has 16 heavy (non-hydrogen) atoms. The number of phenols is 1. The van der Waals surface area contributed by atoms with Crippen LogP contribution >= 0.6 is 0 Å². The van der Waals surface area contributed by atoms with Crippen molar-refractivity contribution in [1.29, 1.82) is 0 Å². The van der Waals surface area contributed by atoms with E-state index in [1.807, 2.05) is 0 Å². The Morgan fingerprint density at radius 2 is 2.06 bits per heavy atom. The lowest BCUT2D eigenvalue weighted by Crippen LogP contribution is -2.14. The fourth-order valence-electron chi connectivity index (χ4n) is 1.22. The van der Waals surface area contributed by atoms with Crippen molar-refractivity contribution in [2.75, 3.05) is 14.2 Å². The summed E-state index contributed by atoms with van der Waals surface area (Å²) >= 11 is 0. The first kappa shape index (κ1) is 12.3. The number of halogens is 1. The van der Waals surface area contributed by atoms with E-state index >= 15 is 0 Å². The van der Waals surface area contributed by atoms with Crippen LogP contribution in [0.2, 0.25) is 0 Å². The van der Waals surface area contributed by atoms with E-state index in [-0.39, 0.29) is 5.56 Å². The Morgan fingerprint density at radius 3 is 2.56 bits per heavy atom. The first-order chi connectivity index (χ1) is 7.52. The highest BCUT2D eigenvalue weighted by atomic mass is 19.1. The van der Waals surface area contributed by atoms with Gasteiger partial charge in [0.1, 0.15) is 0 Å². The number of aromatic hydroxyl groups is 1. The Hall–Kier alpha value is -1.82. The van der Waals surface area contributed by atoms with Gasteiger partial charge >= 0.3 is 5.97 Å². The Balaban J connectivity index is 3.23.